The van der Waals surface area contributed by atoms with Crippen molar-refractivity contribution in [3.05, 3.63) is 65.9 Å². The summed E-state index contributed by atoms with van der Waals surface area (Å²) in [6.45, 7) is 5.52. The molecule has 0 unspecified atom stereocenters. The fourth-order valence-corrected chi connectivity index (χ4v) is 4.93. The number of benzene rings is 2. The van der Waals surface area contributed by atoms with E-state index in [4.69, 9.17) is 4.98 Å². The largest absolute Gasteiger partial charge is 0.355 e. The van der Waals surface area contributed by atoms with Crippen molar-refractivity contribution in [2.45, 2.75) is 13.0 Å². The molecule has 3 aromatic rings. The normalized spacial score (nSPS) is 25.8. The van der Waals surface area contributed by atoms with Crippen LogP contribution in [-0.2, 0) is 0 Å². The molecule has 2 saturated heterocycles. The third-order valence-electron chi connectivity index (χ3n) is 6.16. The number of rotatable bonds is 2. The van der Waals surface area contributed by atoms with Crippen LogP contribution in [0, 0.1) is 18.8 Å². The molecule has 2 aliphatic rings. The molecule has 4 heteroatoms. The van der Waals surface area contributed by atoms with Crippen molar-refractivity contribution in [3.8, 4) is 0 Å². The number of anilines is 1. The first-order chi connectivity index (χ1) is 12.7. The molecule has 0 N–H and O–H groups in total. The molecular weight excluding hydrogens is 320 g/mol. The summed E-state index contributed by atoms with van der Waals surface area (Å²) in [7, 11) is 2.27. The second-order valence-electron chi connectivity index (χ2n) is 7.79. The van der Waals surface area contributed by atoms with Crippen LogP contribution in [0.5, 0.6) is 0 Å². The first-order valence-corrected chi connectivity index (χ1v) is 9.43. The van der Waals surface area contributed by atoms with Gasteiger partial charge in [0.05, 0.1) is 17.2 Å². The van der Waals surface area contributed by atoms with Gasteiger partial charge in [0.1, 0.15) is 5.82 Å². The predicted octanol–water partition coefficient (Wildman–Crippen LogP) is 3.68. The molecule has 4 nitrogen and oxygen atoms in total. The Balaban J connectivity index is 1.45. The summed E-state index contributed by atoms with van der Waals surface area (Å²) < 4.78 is 0. The second kappa shape index (κ2) is 6.06. The van der Waals surface area contributed by atoms with Crippen LogP contribution in [0.15, 0.2) is 54.7 Å². The SMILES string of the molecule is Cc1ccccc1[C@H]1[C@@H]2CN(c3cnc4ccccc4n3)C[C@@H]2CN1C. The number of hydrogen-bond donors (Lipinski definition) is 0. The Kier molecular flexibility index (Phi) is 3.68. The van der Waals surface area contributed by atoms with Gasteiger partial charge < -0.3 is 4.90 Å². The van der Waals surface area contributed by atoms with Gasteiger partial charge in [0.15, 0.2) is 0 Å². The molecule has 0 amide bonds. The smallest absolute Gasteiger partial charge is 0.147 e. The van der Waals surface area contributed by atoms with E-state index in [2.05, 4.69) is 53.0 Å². The lowest BCUT2D eigenvalue weighted by atomic mass is 9.88. The van der Waals surface area contributed by atoms with Crippen LogP contribution < -0.4 is 4.90 Å². The van der Waals surface area contributed by atoms with E-state index in [1.807, 2.05) is 30.5 Å². The molecule has 26 heavy (non-hydrogen) atoms. The van der Waals surface area contributed by atoms with Crippen molar-refractivity contribution in [3.63, 3.8) is 0 Å². The number of aryl methyl sites for hydroxylation is 1. The van der Waals surface area contributed by atoms with Crippen molar-refractivity contribution in [1.82, 2.24) is 14.9 Å². The minimum Gasteiger partial charge on any atom is -0.355 e. The fraction of sp³-hybridized carbons (Fsp3) is 0.364. The first-order valence-electron chi connectivity index (χ1n) is 9.43. The van der Waals surface area contributed by atoms with Gasteiger partial charge in [-0.15, -0.1) is 0 Å². The van der Waals surface area contributed by atoms with E-state index in [-0.39, 0.29) is 0 Å². The van der Waals surface area contributed by atoms with Crippen molar-refractivity contribution < 1.29 is 0 Å². The zero-order valence-electron chi connectivity index (χ0n) is 15.3. The lowest BCUT2D eigenvalue weighted by Crippen LogP contribution is -2.29. The van der Waals surface area contributed by atoms with Gasteiger partial charge in [0.25, 0.3) is 0 Å². The van der Waals surface area contributed by atoms with Crippen molar-refractivity contribution >= 4 is 16.9 Å². The van der Waals surface area contributed by atoms with Crippen LogP contribution in [0.1, 0.15) is 17.2 Å². The van der Waals surface area contributed by atoms with E-state index in [9.17, 15) is 0 Å². The molecule has 1 aromatic heterocycles. The first kappa shape index (κ1) is 15.8. The summed E-state index contributed by atoms with van der Waals surface area (Å²) in [5.74, 6) is 2.36. The van der Waals surface area contributed by atoms with Gasteiger partial charge in [0, 0.05) is 31.6 Å². The molecule has 3 heterocycles. The number of likely N-dealkylation sites (tertiary alicyclic amines) is 1. The molecule has 0 radical (unpaired) electrons. The maximum absolute atomic E-state index is 4.87. The van der Waals surface area contributed by atoms with Crippen LogP contribution in [0.4, 0.5) is 5.82 Å². The average Bonchev–Trinajstić information content (AvgIpc) is 3.19. The van der Waals surface area contributed by atoms with Gasteiger partial charge in [-0.1, -0.05) is 36.4 Å². The van der Waals surface area contributed by atoms with Gasteiger partial charge in [-0.3, -0.25) is 9.88 Å². The lowest BCUT2D eigenvalue weighted by Gasteiger charge is -2.28. The van der Waals surface area contributed by atoms with E-state index >= 15 is 0 Å². The van der Waals surface area contributed by atoms with Gasteiger partial charge in [-0.2, -0.15) is 0 Å². The molecular formula is C22H24N4. The monoisotopic (exact) mass is 344 g/mol. The highest BCUT2D eigenvalue weighted by Gasteiger charge is 2.46. The average molecular weight is 344 g/mol. The zero-order valence-corrected chi connectivity index (χ0v) is 15.3. The molecule has 3 atom stereocenters. The highest BCUT2D eigenvalue weighted by atomic mass is 15.3. The number of para-hydroxylation sites is 2. The number of nitrogens with zero attached hydrogens (tertiary/aromatic N) is 4. The summed E-state index contributed by atoms with van der Waals surface area (Å²) in [6.07, 6.45) is 1.94. The van der Waals surface area contributed by atoms with Crippen molar-refractivity contribution in [2.75, 3.05) is 31.6 Å². The lowest BCUT2D eigenvalue weighted by molar-refractivity contribution is 0.279. The summed E-state index contributed by atoms with van der Waals surface area (Å²) in [4.78, 5) is 14.5. The zero-order chi connectivity index (χ0) is 17.7. The molecule has 0 aliphatic carbocycles. The summed E-state index contributed by atoms with van der Waals surface area (Å²) in [5, 5.41) is 0. The summed E-state index contributed by atoms with van der Waals surface area (Å²) in [5.41, 5.74) is 4.82. The summed E-state index contributed by atoms with van der Waals surface area (Å²) in [6, 6.07) is 17.5. The summed E-state index contributed by atoms with van der Waals surface area (Å²) >= 11 is 0. The standard InChI is InChI=1S/C22H24N4/c1-15-7-3-4-8-17(15)22-18-14-26(13-16(18)12-25(22)2)21-11-23-19-9-5-6-10-20(19)24-21/h3-11,16,18,22H,12-14H2,1-2H3/t16-,18+,22-/m0/s1. The number of fused-ring (bicyclic) bond motifs is 2. The minimum atomic E-state index is 0.500. The molecule has 0 bridgehead atoms. The predicted molar refractivity (Wildman–Crippen MR) is 105 cm³/mol. The Bertz CT molecular complexity index is 954. The Labute approximate surface area is 154 Å². The molecule has 2 aliphatic heterocycles. The van der Waals surface area contributed by atoms with Gasteiger partial charge in [-0.25, -0.2) is 4.98 Å². The van der Waals surface area contributed by atoms with Gasteiger partial charge in [-0.05, 0) is 43.1 Å². The number of aromatic nitrogens is 2. The van der Waals surface area contributed by atoms with E-state index in [0.29, 0.717) is 17.9 Å². The quantitative estimate of drug-likeness (QED) is 0.710. The van der Waals surface area contributed by atoms with Gasteiger partial charge >= 0.3 is 0 Å². The van der Waals surface area contributed by atoms with Crippen LogP contribution in [-0.4, -0.2) is 41.5 Å². The highest BCUT2D eigenvalue weighted by Crippen LogP contribution is 2.45. The molecule has 0 saturated carbocycles. The maximum atomic E-state index is 4.87. The Morgan fingerprint density at radius 3 is 2.54 bits per heavy atom. The molecule has 2 fully saturated rings. The topological polar surface area (TPSA) is 32.3 Å². The Hall–Kier alpha value is -2.46. The van der Waals surface area contributed by atoms with Crippen LogP contribution >= 0.6 is 0 Å². The third-order valence-corrected chi connectivity index (χ3v) is 6.16. The highest BCUT2D eigenvalue weighted by molar-refractivity contribution is 5.75. The number of hydrogen-bond acceptors (Lipinski definition) is 4. The van der Waals surface area contributed by atoms with E-state index in [1.165, 1.54) is 11.1 Å². The Morgan fingerprint density at radius 2 is 1.69 bits per heavy atom. The van der Waals surface area contributed by atoms with Crippen molar-refractivity contribution in [2.24, 2.45) is 11.8 Å². The maximum Gasteiger partial charge on any atom is 0.147 e. The molecule has 0 spiro atoms. The van der Waals surface area contributed by atoms with E-state index in [1.54, 1.807) is 0 Å². The van der Waals surface area contributed by atoms with Crippen molar-refractivity contribution in [1.29, 1.82) is 0 Å². The second-order valence-corrected chi connectivity index (χ2v) is 7.79. The van der Waals surface area contributed by atoms with Crippen LogP contribution in [0.3, 0.4) is 0 Å². The van der Waals surface area contributed by atoms with Crippen LogP contribution in [0.2, 0.25) is 0 Å². The molecule has 2 aromatic carbocycles. The minimum absolute atomic E-state index is 0.500. The van der Waals surface area contributed by atoms with E-state index in [0.717, 1.165) is 36.5 Å². The van der Waals surface area contributed by atoms with Gasteiger partial charge in [0.2, 0.25) is 0 Å². The van der Waals surface area contributed by atoms with Crippen LogP contribution in [0.25, 0.3) is 11.0 Å². The molecule has 5 rings (SSSR count). The molecule has 132 valence electrons. The Morgan fingerprint density at radius 1 is 0.923 bits per heavy atom. The third kappa shape index (κ3) is 2.48. The fourth-order valence-electron chi connectivity index (χ4n) is 4.93. The van der Waals surface area contributed by atoms with E-state index < -0.39 is 0 Å².